The van der Waals surface area contributed by atoms with Crippen LogP contribution in [0, 0.1) is 0 Å². The second-order valence-corrected chi connectivity index (χ2v) is 7.52. The van der Waals surface area contributed by atoms with Crippen molar-refractivity contribution in [1.82, 2.24) is 45.4 Å². The molecule has 3 aromatic heterocycles. The highest BCUT2D eigenvalue weighted by Crippen LogP contribution is 2.31. The van der Waals surface area contributed by atoms with Gasteiger partial charge in [0.2, 0.25) is 5.82 Å². The van der Waals surface area contributed by atoms with Gasteiger partial charge in [-0.1, -0.05) is 40.0 Å². The van der Waals surface area contributed by atoms with Crippen molar-refractivity contribution in [3.63, 3.8) is 0 Å². The molecule has 0 N–H and O–H groups in total. The van der Waals surface area contributed by atoms with Crippen LogP contribution in [0.25, 0.3) is 22.9 Å². The van der Waals surface area contributed by atoms with E-state index in [4.69, 9.17) is 34.8 Å². The number of hydrogen-bond acceptors (Lipinski definition) is 8. The summed E-state index contributed by atoms with van der Waals surface area (Å²) in [7, 11) is 0. The molecule has 0 unspecified atom stereocenters. The quantitative estimate of drug-likeness (QED) is 0.400. The summed E-state index contributed by atoms with van der Waals surface area (Å²) in [5.74, 6) is 0.196. The first-order valence-electron chi connectivity index (χ1n) is 8.54. The number of hydrogen-bond donors (Lipinski definition) is 0. The average Bonchev–Trinajstić information content (AvgIpc) is 3.35. The number of aromatic nitrogens is 9. The molecule has 0 atom stereocenters. The second kappa shape index (κ2) is 8.42. The first-order chi connectivity index (χ1) is 14.4. The number of carbonyl (C=O) groups is 1. The molecule has 13 heteroatoms. The Morgan fingerprint density at radius 1 is 0.933 bits per heavy atom. The van der Waals surface area contributed by atoms with Gasteiger partial charge in [-0.15, -0.1) is 25.5 Å². The summed E-state index contributed by atoms with van der Waals surface area (Å²) >= 11 is 18.1. The van der Waals surface area contributed by atoms with Crippen molar-refractivity contribution in [2.75, 3.05) is 0 Å². The predicted octanol–water partition coefficient (Wildman–Crippen LogP) is 2.99. The van der Waals surface area contributed by atoms with Gasteiger partial charge in [-0.25, -0.2) is 4.68 Å². The molecule has 30 heavy (non-hydrogen) atoms. The van der Waals surface area contributed by atoms with Gasteiger partial charge < -0.3 is 0 Å². The van der Waals surface area contributed by atoms with E-state index in [-0.39, 0.29) is 18.2 Å². The number of halogens is 3. The molecule has 10 nitrogen and oxygen atoms in total. The summed E-state index contributed by atoms with van der Waals surface area (Å²) in [6.45, 7) is 1.89. The van der Waals surface area contributed by atoms with Crippen LogP contribution in [0.2, 0.25) is 15.1 Å². The predicted molar refractivity (Wildman–Crippen MR) is 109 cm³/mol. The SMILES string of the molecule is CC(=O)Cn1nnc(-c2ccc(-c3cn(Cc4cc(Cl)c(Cl)c(Cl)c4)nn3)nn2)n1. The third-order valence-corrected chi connectivity index (χ3v) is 5.10. The molecule has 0 saturated carbocycles. The highest BCUT2D eigenvalue weighted by atomic mass is 35.5. The Kier molecular flexibility index (Phi) is 5.71. The Bertz CT molecular complexity index is 1200. The standard InChI is InChI=1S/C17H12Cl3N9O/c1-9(30)6-29-25-17(24-27-29)14-3-2-13(21-22-14)15-8-28(26-23-15)7-10-4-11(18)16(20)12(19)5-10/h2-5,8H,6-7H2,1H3. The Hall–Kier alpha value is -2.95. The van der Waals surface area contributed by atoms with Crippen LogP contribution in [0.15, 0.2) is 30.5 Å². The molecule has 152 valence electrons. The lowest BCUT2D eigenvalue weighted by molar-refractivity contribution is -0.117. The largest absolute Gasteiger partial charge is 0.298 e. The summed E-state index contributed by atoms with van der Waals surface area (Å²) in [6, 6.07) is 6.85. The molecule has 0 fully saturated rings. The molecular weight excluding hydrogens is 453 g/mol. The van der Waals surface area contributed by atoms with Gasteiger partial charge in [-0.05, 0) is 42.0 Å². The van der Waals surface area contributed by atoms with E-state index in [1.807, 2.05) is 0 Å². The molecule has 0 spiro atoms. The zero-order valence-electron chi connectivity index (χ0n) is 15.4. The lowest BCUT2D eigenvalue weighted by atomic mass is 10.2. The molecule has 0 aliphatic rings. The summed E-state index contributed by atoms with van der Waals surface area (Å²) < 4.78 is 1.62. The van der Waals surface area contributed by atoms with Crippen LogP contribution in [0.4, 0.5) is 0 Å². The molecule has 0 amide bonds. The zero-order valence-corrected chi connectivity index (χ0v) is 17.6. The number of rotatable bonds is 6. The van der Waals surface area contributed by atoms with E-state index in [0.717, 1.165) is 5.56 Å². The topological polar surface area (TPSA) is 117 Å². The van der Waals surface area contributed by atoms with Crippen LogP contribution in [0.3, 0.4) is 0 Å². The van der Waals surface area contributed by atoms with Gasteiger partial charge in [0.15, 0.2) is 5.78 Å². The minimum Gasteiger partial charge on any atom is -0.298 e. The number of ketones is 1. The van der Waals surface area contributed by atoms with E-state index in [0.29, 0.717) is 38.7 Å². The number of benzene rings is 1. The Morgan fingerprint density at radius 3 is 2.30 bits per heavy atom. The van der Waals surface area contributed by atoms with Gasteiger partial charge in [-0.3, -0.25) is 4.79 Å². The molecule has 4 rings (SSSR count). The molecule has 0 bridgehead atoms. The van der Waals surface area contributed by atoms with E-state index in [9.17, 15) is 4.79 Å². The number of carbonyl (C=O) groups excluding carboxylic acids is 1. The fraction of sp³-hybridized carbons (Fsp3) is 0.176. The molecule has 0 radical (unpaired) electrons. The van der Waals surface area contributed by atoms with Gasteiger partial charge in [0.1, 0.15) is 23.6 Å². The summed E-state index contributed by atoms with van der Waals surface area (Å²) in [4.78, 5) is 12.3. The maximum Gasteiger partial charge on any atom is 0.225 e. The van der Waals surface area contributed by atoms with Gasteiger partial charge in [0.25, 0.3) is 0 Å². The number of Topliss-reactive ketones (excluding diaryl/α,β-unsaturated/α-hetero) is 1. The third kappa shape index (κ3) is 4.45. The van der Waals surface area contributed by atoms with Crippen molar-refractivity contribution in [3.05, 3.63) is 51.1 Å². The first-order valence-corrected chi connectivity index (χ1v) is 9.67. The van der Waals surface area contributed by atoms with Gasteiger partial charge >= 0.3 is 0 Å². The van der Waals surface area contributed by atoms with Crippen molar-refractivity contribution in [1.29, 1.82) is 0 Å². The lowest BCUT2D eigenvalue weighted by Crippen LogP contribution is -2.09. The first kappa shape index (κ1) is 20.3. The van der Waals surface area contributed by atoms with E-state index < -0.39 is 0 Å². The summed E-state index contributed by atoms with van der Waals surface area (Å²) in [5, 5.41) is 29.3. The Morgan fingerprint density at radius 2 is 1.63 bits per heavy atom. The van der Waals surface area contributed by atoms with Gasteiger partial charge in [0, 0.05) is 0 Å². The average molecular weight is 465 g/mol. The maximum absolute atomic E-state index is 11.1. The Labute approximate surface area is 184 Å². The van der Waals surface area contributed by atoms with Crippen molar-refractivity contribution >= 4 is 40.6 Å². The van der Waals surface area contributed by atoms with Crippen LogP contribution in [0.5, 0.6) is 0 Å². The van der Waals surface area contributed by atoms with E-state index in [1.165, 1.54) is 11.7 Å². The van der Waals surface area contributed by atoms with Crippen molar-refractivity contribution in [2.24, 2.45) is 0 Å². The lowest BCUT2D eigenvalue weighted by Gasteiger charge is -2.05. The van der Waals surface area contributed by atoms with Crippen LogP contribution in [-0.4, -0.2) is 51.2 Å². The number of tetrazole rings is 1. The normalized spacial score (nSPS) is 11.1. The molecule has 3 heterocycles. The van der Waals surface area contributed by atoms with E-state index >= 15 is 0 Å². The fourth-order valence-electron chi connectivity index (χ4n) is 2.58. The molecule has 0 aliphatic heterocycles. The van der Waals surface area contributed by atoms with E-state index in [2.05, 4.69) is 35.9 Å². The Balaban J connectivity index is 1.50. The van der Waals surface area contributed by atoms with Crippen LogP contribution in [0.1, 0.15) is 12.5 Å². The third-order valence-electron chi connectivity index (χ3n) is 3.90. The highest BCUT2D eigenvalue weighted by molar-refractivity contribution is 6.48. The minimum absolute atomic E-state index is 0.0473. The maximum atomic E-state index is 11.1. The summed E-state index contributed by atoms with van der Waals surface area (Å²) in [5.41, 5.74) is 2.31. The fourth-order valence-corrected chi connectivity index (χ4v) is 3.22. The van der Waals surface area contributed by atoms with Crippen LogP contribution in [-0.2, 0) is 17.9 Å². The molecule has 0 aliphatic carbocycles. The molecule has 0 saturated heterocycles. The molecule has 4 aromatic rings. The van der Waals surface area contributed by atoms with Crippen LogP contribution >= 0.6 is 34.8 Å². The van der Waals surface area contributed by atoms with Crippen molar-refractivity contribution in [3.8, 4) is 22.9 Å². The second-order valence-electron chi connectivity index (χ2n) is 6.32. The monoisotopic (exact) mass is 463 g/mol. The zero-order chi connectivity index (χ0) is 21.3. The highest BCUT2D eigenvalue weighted by Gasteiger charge is 2.12. The van der Waals surface area contributed by atoms with Gasteiger partial charge in [-0.2, -0.15) is 4.80 Å². The number of nitrogens with zero attached hydrogens (tertiary/aromatic N) is 9. The molecular formula is C17H12Cl3N9O. The van der Waals surface area contributed by atoms with Crippen LogP contribution < -0.4 is 0 Å². The van der Waals surface area contributed by atoms with E-state index in [1.54, 1.807) is 35.1 Å². The molecule has 1 aromatic carbocycles. The minimum atomic E-state index is -0.0772. The van der Waals surface area contributed by atoms with Crippen molar-refractivity contribution < 1.29 is 4.79 Å². The van der Waals surface area contributed by atoms with Crippen molar-refractivity contribution in [2.45, 2.75) is 20.0 Å². The van der Waals surface area contributed by atoms with Gasteiger partial charge in [0.05, 0.1) is 27.8 Å². The summed E-state index contributed by atoms with van der Waals surface area (Å²) in [6.07, 6.45) is 1.72. The smallest absolute Gasteiger partial charge is 0.225 e.